The number of benzene rings is 2. The minimum Gasteiger partial charge on any atom is -0.298 e. The number of thiazole rings is 2. The van der Waals surface area contributed by atoms with Crippen LogP contribution in [0.2, 0.25) is 0 Å². The summed E-state index contributed by atoms with van der Waals surface area (Å²) in [5.41, 5.74) is 2.63. The van der Waals surface area contributed by atoms with Crippen LogP contribution in [0.5, 0.6) is 0 Å². The summed E-state index contributed by atoms with van der Waals surface area (Å²) in [6.07, 6.45) is 0. The zero-order valence-corrected chi connectivity index (χ0v) is 14.2. The van der Waals surface area contributed by atoms with E-state index in [0.29, 0.717) is 16.3 Å². The highest BCUT2D eigenvalue weighted by molar-refractivity contribution is 7.24. The Morgan fingerprint density at radius 3 is 2.92 bits per heavy atom. The fourth-order valence-electron chi connectivity index (χ4n) is 2.44. The number of hydrogen-bond donors (Lipinski definition) is 1. The van der Waals surface area contributed by atoms with E-state index in [-0.39, 0.29) is 5.91 Å². The van der Waals surface area contributed by atoms with Gasteiger partial charge in [0.2, 0.25) is 0 Å². The van der Waals surface area contributed by atoms with E-state index in [4.69, 9.17) is 5.26 Å². The van der Waals surface area contributed by atoms with E-state index in [1.165, 1.54) is 11.3 Å². The Kier molecular flexibility index (Phi) is 3.49. The molecule has 0 saturated carbocycles. The van der Waals surface area contributed by atoms with Gasteiger partial charge >= 0.3 is 0 Å². The Morgan fingerprint density at radius 2 is 2.08 bits per heavy atom. The maximum Gasteiger partial charge on any atom is 0.257 e. The number of anilines is 1. The van der Waals surface area contributed by atoms with Crippen molar-refractivity contribution < 1.29 is 4.79 Å². The van der Waals surface area contributed by atoms with Gasteiger partial charge in [0.15, 0.2) is 5.13 Å². The van der Waals surface area contributed by atoms with Crippen molar-refractivity contribution in [2.24, 2.45) is 0 Å². The van der Waals surface area contributed by atoms with E-state index in [2.05, 4.69) is 15.3 Å². The van der Waals surface area contributed by atoms with Crippen LogP contribution in [0.3, 0.4) is 0 Å². The van der Waals surface area contributed by atoms with Gasteiger partial charge in [-0.05, 0) is 37.3 Å². The van der Waals surface area contributed by atoms with Gasteiger partial charge in [-0.25, -0.2) is 9.97 Å². The molecular weight excluding hydrogens is 340 g/mol. The average molecular weight is 350 g/mol. The van der Waals surface area contributed by atoms with Crippen molar-refractivity contribution in [2.75, 3.05) is 5.32 Å². The second-order valence-electron chi connectivity index (χ2n) is 5.16. The summed E-state index contributed by atoms with van der Waals surface area (Å²) in [4.78, 5) is 21.4. The molecule has 0 unspecified atom stereocenters. The minimum atomic E-state index is -0.281. The molecule has 4 aromatic rings. The number of aromatic nitrogens is 2. The maximum atomic E-state index is 12.4. The van der Waals surface area contributed by atoms with Gasteiger partial charge < -0.3 is 0 Å². The molecule has 5 nitrogen and oxygen atoms in total. The molecule has 4 rings (SSSR count). The SMILES string of the molecule is Cc1nc2c(ccc3nc(NC(=O)c4cccc(C#N)c4)sc32)s1. The van der Waals surface area contributed by atoms with Crippen molar-refractivity contribution in [3.63, 3.8) is 0 Å². The van der Waals surface area contributed by atoms with Gasteiger partial charge in [-0.15, -0.1) is 11.3 Å². The molecule has 0 atom stereocenters. The number of aryl methyl sites for hydroxylation is 1. The van der Waals surface area contributed by atoms with Crippen LogP contribution < -0.4 is 5.32 Å². The molecule has 7 heteroatoms. The maximum absolute atomic E-state index is 12.4. The normalized spacial score (nSPS) is 10.8. The molecule has 116 valence electrons. The molecule has 0 aliphatic rings. The summed E-state index contributed by atoms with van der Waals surface area (Å²) < 4.78 is 2.08. The van der Waals surface area contributed by atoms with Crippen molar-refractivity contribution in [2.45, 2.75) is 6.92 Å². The lowest BCUT2D eigenvalue weighted by molar-refractivity contribution is 0.102. The number of carbonyl (C=O) groups excluding carboxylic acids is 1. The smallest absolute Gasteiger partial charge is 0.257 e. The zero-order valence-electron chi connectivity index (χ0n) is 12.5. The number of nitrogens with one attached hydrogen (secondary N) is 1. The molecule has 0 aliphatic heterocycles. The van der Waals surface area contributed by atoms with E-state index < -0.39 is 0 Å². The number of amides is 1. The van der Waals surface area contributed by atoms with Crippen LogP contribution in [-0.2, 0) is 0 Å². The van der Waals surface area contributed by atoms with Gasteiger partial charge in [-0.3, -0.25) is 10.1 Å². The van der Waals surface area contributed by atoms with Crippen LogP contribution in [0.15, 0.2) is 36.4 Å². The van der Waals surface area contributed by atoms with E-state index >= 15 is 0 Å². The molecule has 0 saturated heterocycles. The Morgan fingerprint density at radius 1 is 1.21 bits per heavy atom. The fourth-order valence-corrected chi connectivity index (χ4v) is 4.29. The number of carbonyl (C=O) groups is 1. The van der Waals surface area contributed by atoms with Crippen molar-refractivity contribution in [3.8, 4) is 6.07 Å². The summed E-state index contributed by atoms with van der Waals surface area (Å²) in [5.74, 6) is -0.281. The molecule has 0 radical (unpaired) electrons. The standard InChI is InChI=1S/C17H10N4OS2/c1-9-19-14-13(23-9)6-5-12-15(14)24-17(20-12)21-16(22)11-4-2-3-10(7-11)8-18/h2-7H,1H3,(H,20,21,22). The molecule has 0 bridgehead atoms. The van der Waals surface area contributed by atoms with Crippen LogP contribution in [-0.4, -0.2) is 15.9 Å². The van der Waals surface area contributed by atoms with E-state index in [0.717, 1.165) is 25.4 Å². The molecule has 2 aromatic heterocycles. The van der Waals surface area contributed by atoms with Crippen LogP contribution in [0, 0.1) is 18.3 Å². The number of nitriles is 1. The molecule has 2 aromatic carbocycles. The number of hydrogen-bond acceptors (Lipinski definition) is 6. The quantitative estimate of drug-likeness (QED) is 0.583. The third-order valence-electron chi connectivity index (χ3n) is 3.50. The van der Waals surface area contributed by atoms with Gasteiger partial charge in [0.25, 0.3) is 5.91 Å². The van der Waals surface area contributed by atoms with Crippen LogP contribution in [0.1, 0.15) is 20.9 Å². The topological polar surface area (TPSA) is 78.7 Å². The van der Waals surface area contributed by atoms with Gasteiger partial charge in [-0.2, -0.15) is 5.26 Å². The van der Waals surface area contributed by atoms with Crippen molar-refractivity contribution in [3.05, 3.63) is 52.5 Å². The summed E-state index contributed by atoms with van der Waals surface area (Å²) in [6.45, 7) is 1.97. The lowest BCUT2D eigenvalue weighted by atomic mass is 10.1. The fraction of sp³-hybridized carbons (Fsp3) is 0.0588. The van der Waals surface area contributed by atoms with Crippen molar-refractivity contribution in [1.82, 2.24) is 9.97 Å². The van der Waals surface area contributed by atoms with Crippen molar-refractivity contribution in [1.29, 1.82) is 5.26 Å². The Labute approximate surface area is 145 Å². The zero-order chi connectivity index (χ0) is 16.7. The highest BCUT2D eigenvalue weighted by Gasteiger charge is 2.13. The van der Waals surface area contributed by atoms with Gasteiger partial charge in [0.05, 0.1) is 31.6 Å². The van der Waals surface area contributed by atoms with E-state index in [1.807, 2.05) is 25.1 Å². The monoisotopic (exact) mass is 350 g/mol. The lowest BCUT2D eigenvalue weighted by Crippen LogP contribution is -2.11. The first-order chi connectivity index (χ1) is 11.6. The minimum absolute atomic E-state index is 0.281. The summed E-state index contributed by atoms with van der Waals surface area (Å²) >= 11 is 3.05. The van der Waals surface area contributed by atoms with E-state index in [9.17, 15) is 4.79 Å². The summed E-state index contributed by atoms with van der Waals surface area (Å²) in [7, 11) is 0. The van der Waals surface area contributed by atoms with Gasteiger partial charge in [0.1, 0.15) is 5.52 Å². The van der Waals surface area contributed by atoms with Gasteiger partial charge in [-0.1, -0.05) is 17.4 Å². The largest absolute Gasteiger partial charge is 0.298 e. The first kappa shape index (κ1) is 14.8. The second-order valence-corrected chi connectivity index (χ2v) is 7.39. The molecule has 1 N–H and O–H groups in total. The predicted octanol–water partition coefficient (Wildman–Crippen LogP) is 4.34. The summed E-state index contributed by atoms with van der Waals surface area (Å²) in [6, 6.07) is 12.6. The van der Waals surface area contributed by atoms with Crippen LogP contribution in [0.25, 0.3) is 20.4 Å². The molecule has 0 spiro atoms. The van der Waals surface area contributed by atoms with E-state index in [1.54, 1.807) is 35.6 Å². The molecule has 24 heavy (non-hydrogen) atoms. The Hall–Kier alpha value is -2.82. The molecular formula is C17H10N4OS2. The molecule has 0 aliphatic carbocycles. The van der Waals surface area contributed by atoms with Crippen molar-refractivity contribution >= 4 is 54.1 Å². The predicted molar refractivity (Wildman–Crippen MR) is 96.6 cm³/mol. The third kappa shape index (κ3) is 2.52. The summed E-state index contributed by atoms with van der Waals surface area (Å²) in [5, 5.41) is 13.3. The van der Waals surface area contributed by atoms with Crippen LogP contribution in [0.4, 0.5) is 5.13 Å². The molecule has 2 heterocycles. The Balaban J connectivity index is 1.70. The van der Waals surface area contributed by atoms with Crippen LogP contribution >= 0.6 is 22.7 Å². The first-order valence-corrected chi connectivity index (χ1v) is 8.75. The second kappa shape index (κ2) is 5.67. The third-order valence-corrected chi connectivity index (χ3v) is 5.43. The lowest BCUT2D eigenvalue weighted by Gasteiger charge is -2.01. The number of rotatable bonds is 2. The van der Waals surface area contributed by atoms with Gasteiger partial charge in [0, 0.05) is 5.56 Å². The molecule has 0 fully saturated rings. The molecule has 1 amide bonds. The highest BCUT2D eigenvalue weighted by atomic mass is 32.1. The average Bonchev–Trinajstić information content (AvgIpc) is 3.16. The number of fused-ring (bicyclic) bond motifs is 3. The first-order valence-electron chi connectivity index (χ1n) is 7.12. The Bertz CT molecular complexity index is 1140. The number of nitrogens with zero attached hydrogens (tertiary/aromatic N) is 3. The highest BCUT2D eigenvalue weighted by Crippen LogP contribution is 2.34.